The summed E-state index contributed by atoms with van der Waals surface area (Å²) in [6, 6.07) is 5.45. The Labute approximate surface area is 96.0 Å². The van der Waals surface area contributed by atoms with Gasteiger partial charge in [0.1, 0.15) is 11.5 Å². The Balaban J connectivity index is 2.89. The lowest BCUT2D eigenvalue weighted by atomic mass is 10.2. The van der Waals surface area contributed by atoms with E-state index in [1.165, 1.54) is 0 Å². The van der Waals surface area contributed by atoms with Crippen LogP contribution < -0.4 is 9.47 Å². The van der Waals surface area contributed by atoms with Crippen LogP contribution in [0.1, 0.15) is 18.9 Å². The molecule has 1 atom stereocenters. The molecule has 0 heterocycles. The lowest BCUT2D eigenvalue weighted by Gasteiger charge is -2.04. The SMILES string of the molecule is COc1cc(C#CCC(C)O)cc(OC)c1. The molecule has 0 spiro atoms. The quantitative estimate of drug-likeness (QED) is 0.790. The maximum Gasteiger partial charge on any atom is 0.123 e. The summed E-state index contributed by atoms with van der Waals surface area (Å²) in [5, 5.41) is 9.08. The summed E-state index contributed by atoms with van der Waals surface area (Å²) in [6.45, 7) is 1.71. The molecule has 0 fully saturated rings. The highest BCUT2D eigenvalue weighted by Crippen LogP contribution is 2.21. The molecule has 3 heteroatoms. The largest absolute Gasteiger partial charge is 0.497 e. The molecule has 0 aromatic heterocycles. The first-order chi connectivity index (χ1) is 7.65. The van der Waals surface area contributed by atoms with Crippen LogP contribution in [0.25, 0.3) is 0 Å². The van der Waals surface area contributed by atoms with E-state index in [0.29, 0.717) is 17.9 Å². The van der Waals surface area contributed by atoms with Crippen molar-refractivity contribution in [1.82, 2.24) is 0 Å². The number of methoxy groups -OCH3 is 2. The summed E-state index contributed by atoms with van der Waals surface area (Å²) in [4.78, 5) is 0. The van der Waals surface area contributed by atoms with E-state index in [9.17, 15) is 0 Å². The highest BCUT2D eigenvalue weighted by atomic mass is 16.5. The zero-order chi connectivity index (χ0) is 12.0. The highest BCUT2D eigenvalue weighted by molar-refractivity contribution is 5.46. The fourth-order valence-corrected chi connectivity index (χ4v) is 1.18. The van der Waals surface area contributed by atoms with Crippen molar-refractivity contribution in [2.24, 2.45) is 0 Å². The minimum atomic E-state index is -0.403. The Morgan fingerprint density at radius 1 is 1.19 bits per heavy atom. The molecule has 1 aromatic carbocycles. The van der Waals surface area contributed by atoms with Gasteiger partial charge in [-0.2, -0.15) is 0 Å². The van der Waals surface area contributed by atoms with Gasteiger partial charge in [-0.3, -0.25) is 0 Å². The summed E-state index contributed by atoms with van der Waals surface area (Å²) in [5.74, 6) is 7.27. The number of ether oxygens (including phenoxy) is 2. The minimum absolute atomic E-state index is 0.403. The van der Waals surface area contributed by atoms with Gasteiger partial charge in [0, 0.05) is 18.1 Å². The van der Waals surface area contributed by atoms with Gasteiger partial charge in [-0.25, -0.2) is 0 Å². The second-order valence-electron chi connectivity index (χ2n) is 3.46. The van der Waals surface area contributed by atoms with Crippen molar-refractivity contribution in [2.45, 2.75) is 19.4 Å². The van der Waals surface area contributed by atoms with Crippen molar-refractivity contribution in [3.63, 3.8) is 0 Å². The Morgan fingerprint density at radius 3 is 2.19 bits per heavy atom. The van der Waals surface area contributed by atoms with Crippen LogP contribution in [-0.2, 0) is 0 Å². The first-order valence-corrected chi connectivity index (χ1v) is 5.05. The Kier molecular flexibility index (Phi) is 4.68. The predicted octanol–water partition coefficient (Wildman–Crippen LogP) is 1.83. The number of aliphatic hydroxyl groups is 1. The normalized spacial score (nSPS) is 11.2. The third-order valence-corrected chi connectivity index (χ3v) is 1.98. The van der Waals surface area contributed by atoms with E-state index in [-0.39, 0.29) is 0 Å². The molecule has 0 saturated carbocycles. The number of hydrogen-bond donors (Lipinski definition) is 1. The van der Waals surface area contributed by atoms with E-state index >= 15 is 0 Å². The molecule has 0 saturated heterocycles. The average Bonchev–Trinajstić information content (AvgIpc) is 2.28. The van der Waals surface area contributed by atoms with Crippen molar-refractivity contribution in [3.05, 3.63) is 23.8 Å². The van der Waals surface area contributed by atoms with Gasteiger partial charge in [0.05, 0.1) is 20.3 Å². The first-order valence-electron chi connectivity index (χ1n) is 5.05. The summed E-state index contributed by atoms with van der Waals surface area (Å²) in [6.07, 6.45) is 0.0551. The molecular weight excluding hydrogens is 204 g/mol. The topological polar surface area (TPSA) is 38.7 Å². The number of rotatable bonds is 3. The summed E-state index contributed by atoms with van der Waals surface area (Å²) in [5.41, 5.74) is 0.817. The van der Waals surface area contributed by atoms with Crippen LogP contribution in [0, 0.1) is 11.8 Å². The Morgan fingerprint density at radius 2 is 1.75 bits per heavy atom. The van der Waals surface area contributed by atoms with Crippen LogP contribution in [0.5, 0.6) is 11.5 Å². The third kappa shape index (κ3) is 3.84. The molecule has 0 radical (unpaired) electrons. The minimum Gasteiger partial charge on any atom is -0.497 e. The number of hydrogen-bond acceptors (Lipinski definition) is 3. The van der Waals surface area contributed by atoms with Crippen molar-refractivity contribution < 1.29 is 14.6 Å². The van der Waals surface area contributed by atoms with E-state index in [2.05, 4.69) is 11.8 Å². The predicted molar refractivity (Wildman–Crippen MR) is 62.7 cm³/mol. The van der Waals surface area contributed by atoms with Crippen LogP contribution in [0.15, 0.2) is 18.2 Å². The van der Waals surface area contributed by atoms with Gasteiger partial charge in [-0.05, 0) is 19.1 Å². The number of aliphatic hydroxyl groups excluding tert-OH is 1. The fourth-order valence-electron chi connectivity index (χ4n) is 1.18. The van der Waals surface area contributed by atoms with Crippen molar-refractivity contribution in [1.29, 1.82) is 0 Å². The van der Waals surface area contributed by atoms with Crippen LogP contribution in [-0.4, -0.2) is 25.4 Å². The third-order valence-electron chi connectivity index (χ3n) is 1.98. The first kappa shape index (κ1) is 12.4. The van der Waals surface area contributed by atoms with Crippen molar-refractivity contribution >= 4 is 0 Å². The van der Waals surface area contributed by atoms with Gasteiger partial charge in [-0.1, -0.05) is 11.8 Å². The van der Waals surface area contributed by atoms with Gasteiger partial charge in [0.15, 0.2) is 0 Å². The smallest absolute Gasteiger partial charge is 0.123 e. The molecule has 0 aliphatic carbocycles. The van der Waals surface area contributed by atoms with Crippen LogP contribution in [0.2, 0.25) is 0 Å². The zero-order valence-corrected chi connectivity index (χ0v) is 9.78. The van der Waals surface area contributed by atoms with E-state index < -0.39 is 6.10 Å². The second kappa shape index (κ2) is 6.04. The standard InChI is InChI=1S/C13H16O3/c1-10(14)5-4-6-11-7-12(15-2)9-13(8-11)16-3/h7-10,14H,5H2,1-3H3. The molecule has 0 bridgehead atoms. The Bertz CT molecular complexity index is 377. The molecule has 86 valence electrons. The van der Waals surface area contributed by atoms with Gasteiger partial charge >= 0.3 is 0 Å². The molecule has 3 nitrogen and oxygen atoms in total. The zero-order valence-electron chi connectivity index (χ0n) is 9.78. The van der Waals surface area contributed by atoms with Crippen LogP contribution in [0.3, 0.4) is 0 Å². The fraction of sp³-hybridized carbons (Fsp3) is 0.385. The molecule has 0 amide bonds. The van der Waals surface area contributed by atoms with E-state index in [1.807, 2.05) is 12.1 Å². The lowest BCUT2D eigenvalue weighted by Crippen LogP contribution is -1.95. The molecule has 16 heavy (non-hydrogen) atoms. The van der Waals surface area contributed by atoms with Crippen LogP contribution in [0.4, 0.5) is 0 Å². The Hall–Kier alpha value is -1.66. The monoisotopic (exact) mass is 220 g/mol. The molecule has 1 aromatic rings. The highest BCUT2D eigenvalue weighted by Gasteiger charge is 1.99. The summed E-state index contributed by atoms with van der Waals surface area (Å²) < 4.78 is 10.3. The summed E-state index contributed by atoms with van der Waals surface area (Å²) in [7, 11) is 3.20. The van der Waals surface area contributed by atoms with E-state index in [0.717, 1.165) is 5.56 Å². The molecule has 1 N–H and O–H groups in total. The van der Waals surface area contributed by atoms with Crippen molar-refractivity contribution in [2.75, 3.05) is 14.2 Å². The molecule has 0 aliphatic heterocycles. The number of benzene rings is 1. The van der Waals surface area contributed by atoms with Gasteiger partial charge in [0.25, 0.3) is 0 Å². The summed E-state index contributed by atoms with van der Waals surface area (Å²) >= 11 is 0. The molecular formula is C13H16O3. The van der Waals surface area contributed by atoms with Gasteiger partial charge in [0.2, 0.25) is 0 Å². The van der Waals surface area contributed by atoms with Crippen molar-refractivity contribution in [3.8, 4) is 23.3 Å². The molecule has 1 rings (SSSR count). The van der Waals surface area contributed by atoms with E-state index in [4.69, 9.17) is 14.6 Å². The lowest BCUT2D eigenvalue weighted by molar-refractivity contribution is 0.201. The second-order valence-corrected chi connectivity index (χ2v) is 3.46. The van der Waals surface area contributed by atoms with Gasteiger partial charge < -0.3 is 14.6 Å². The average molecular weight is 220 g/mol. The molecule has 1 unspecified atom stereocenters. The maximum absolute atomic E-state index is 9.08. The van der Waals surface area contributed by atoms with Crippen LogP contribution >= 0.6 is 0 Å². The maximum atomic E-state index is 9.08. The molecule has 0 aliphatic rings. The van der Waals surface area contributed by atoms with Gasteiger partial charge in [-0.15, -0.1) is 0 Å². The van der Waals surface area contributed by atoms with E-state index in [1.54, 1.807) is 27.2 Å².